The molecule has 0 aliphatic rings. The zero-order chi connectivity index (χ0) is 13.3. The van der Waals surface area contributed by atoms with Gasteiger partial charge in [0.05, 0.1) is 12.0 Å². The highest BCUT2D eigenvalue weighted by molar-refractivity contribution is 7.99. The first-order chi connectivity index (χ1) is 8.47. The van der Waals surface area contributed by atoms with Gasteiger partial charge in [-0.25, -0.2) is 4.98 Å². The molecular weight excluding hydrogens is 287 g/mol. The second-order valence-electron chi connectivity index (χ2n) is 4.41. The van der Waals surface area contributed by atoms with Crippen LogP contribution in [-0.2, 0) is 7.05 Å². The molecule has 1 aromatic carbocycles. The number of aryl methyl sites for hydroxylation is 1. The second-order valence-corrected chi connectivity index (χ2v) is 6.34. The third-order valence-corrected chi connectivity index (χ3v) is 3.96. The van der Waals surface area contributed by atoms with Crippen molar-refractivity contribution in [1.29, 1.82) is 0 Å². The average Bonchev–Trinajstić information content (AvgIpc) is 2.57. The Kier molecular flexibility index (Phi) is 4.25. The number of benzene rings is 1. The maximum atomic E-state index is 6.00. The monoisotopic (exact) mass is 300 g/mol. The first-order valence-electron chi connectivity index (χ1n) is 5.62. The van der Waals surface area contributed by atoms with Crippen molar-refractivity contribution in [2.75, 3.05) is 0 Å². The van der Waals surface area contributed by atoms with Crippen LogP contribution in [-0.4, -0.2) is 9.55 Å². The summed E-state index contributed by atoms with van der Waals surface area (Å²) in [6.45, 7) is 4.32. The van der Waals surface area contributed by atoms with Crippen LogP contribution in [0.4, 0.5) is 0 Å². The quantitative estimate of drug-likeness (QED) is 0.793. The van der Waals surface area contributed by atoms with Gasteiger partial charge in [0, 0.05) is 22.0 Å². The highest BCUT2D eigenvalue weighted by Crippen LogP contribution is 2.35. The Labute approximate surface area is 121 Å². The summed E-state index contributed by atoms with van der Waals surface area (Å²) in [5.41, 5.74) is 1.22. The van der Waals surface area contributed by atoms with E-state index in [4.69, 9.17) is 23.2 Å². The van der Waals surface area contributed by atoms with Crippen molar-refractivity contribution in [3.63, 3.8) is 0 Å². The van der Waals surface area contributed by atoms with Gasteiger partial charge in [-0.05, 0) is 24.1 Å². The average molecular weight is 301 g/mol. The zero-order valence-electron chi connectivity index (χ0n) is 10.4. The molecule has 0 aliphatic carbocycles. The molecule has 0 amide bonds. The van der Waals surface area contributed by atoms with Gasteiger partial charge >= 0.3 is 0 Å². The Morgan fingerprint density at radius 1 is 1.17 bits per heavy atom. The molecular formula is C13H14Cl2N2S. The van der Waals surface area contributed by atoms with Crippen LogP contribution < -0.4 is 0 Å². The van der Waals surface area contributed by atoms with Gasteiger partial charge < -0.3 is 4.57 Å². The fourth-order valence-electron chi connectivity index (χ4n) is 1.85. The smallest absolute Gasteiger partial charge is 0.122 e. The van der Waals surface area contributed by atoms with Gasteiger partial charge in [0.2, 0.25) is 0 Å². The van der Waals surface area contributed by atoms with Gasteiger partial charge in [0.15, 0.2) is 0 Å². The summed E-state index contributed by atoms with van der Waals surface area (Å²) in [7, 11) is 2.01. The standard InChI is InChI=1S/C13H14Cl2N2S/c1-8(2)12-13(16-7-17(12)3)18-11-5-9(14)4-10(15)6-11/h4-8H,1-3H3. The minimum Gasteiger partial charge on any atom is -0.336 e. The maximum Gasteiger partial charge on any atom is 0.122 e. The lowest BCUT2D eigenvalue weighted by Crippen LogP contribution is -1.98. The lowest BCUT2D eigenvalue weighted by molar-refractivity contribution is 0.724. The Hall–Kier alpha value is -0.640. The van der Waals surface area contributed by atoms with Crippen molar-refractivity contribution >= 4 is 35.0 Å². The van der Waals surface area contributed by atoms with Gasteiger partial charge in [-0.1, -0.05) is 48.8 Å². The van der Waals surface area contributed by atoms with Crippen LogP contribution in [0, 0.1) is 0 Å². The van der Waals surface area contributed by atoms with E-state index >= 15 is 0 Å². The van der Waals surface area contributed by atoms with Gasteiger partial charge in [-0.15, -0.1) is 0 Å². The summed E-state index contributed by atoms with van der Waals surface area (Å²) >= 11 is 13.6. The molecule has 2 nitrogen and oxygen atoms in total. The van der Waals surface area contributed by atoms with Crippen LogP contribution in [0.25, 0.3) is 0 Å². The van der Waals surface area contributed by atoms with Crippen LogP contribution in [0.3, 0.4) is 0 Å². The van der Waals surface area contributed by atoms with E-state index in [1.807, 2.05) is 25.5 Å². The van der Waals surface area contributed by atoms with Gasteiger partial charge in [0.25, 0.3) is 0 Å². The minimum absolute atomic E-state index is 0.426. The first-order valence-corrected chi connectivity index (χ1v) is 7.19. The number of imidazole rings is 1. The Balaban J connectivity index is 2.34. The highest BCUT2D eigenvalue weighted by Gasteiger charge is 2.14. The van der Waals surface area contributed by atoms with Crippen molar-refractivity contribution < 1.29 is 0 Å². The molecule has 0 N–H and O–H groups in total. The molecule has 0 bridgehead atoms. The SMILES string of the molecule is CC(C)c1c(Sc2cc(Cl)cc(Cl)c2)ncn1C. The molecule has 0 unspecified atom stereocenters. The Bertz CT molecular complexity index is 544. The highest BCUT2D eigenvalue weighted by atomic mass is 35.5. The van der Waals surface area contributed by atoms with E-state index in [0.717, 1.165) is 9.92 Å². The second kappa shape index (κ2) is 5.55. The van der Waals surface area contributed by atoms with Crippen LogP contribution in [0.5, 0.6) is 0 Å². The molecule has 0 atom stereocenters. The number of hydrogen-bond donors (Lipinski definition) is 0. The Morgan fingerprint density at radius 2 is 1.78 bits per heavy atom. The van der Waals surface area contributed by atoms with Crippen LogP contribution >= 0.6 is 35.0 Å². The molecule has 0 saturated heterocycles. The molecule has 0 radical (unpaired) electrons. The molecule has 1 aromatic heterocycles. The molecule has 96 valence electrons. The molecule has 0 spiro atoms. The van der Waals surface area contributed by atoms with Gasteiger partial charge in [0.1, 0.15) is 5.03 Å². The zero-order valence-corrected chi connectivity index (χ0v) is 12.8. The van der Waals surface area contributed by atoms with E-state index in [1.165, 1.54) is 5.69 Å². The van der Waals surface area contributed by atoms with Crippen molar-refractivity contribution in [2.24, 2.45) is 7.05 Å². The Morgan fingerprint density at radius 3 is 2.33 bits per heavy atom. The van der Waals surface area contributed by atoms with Crippen molar-refractivity contribution in [2.45, 2.75) is 29.7 Å². The molecule has 18 heavy (non-hydrogen) atoms. The molecule has 0 aliphatic heterocycles. The predicted molar refractivity (Wildman–Crippen MR) is 77.9 cm³/mol. The van der Waals surface area contributed by atoms with Crippen molar-refractivity contribution in [3.8, 4) is 0 Å². The summed E-state index contributed by atoms with van der Waals surface area (Å²) in [6, 6.07) is 5.53. The molecule has 0 fully saturated rings. The van der Waals surface area contributed by atoms with E-state index < -0.39 is 0 Å². The summed E-state index contributed by atoms with van der Waals surface area (Å²) < 4.78 is 2.05. The summed E-state index contributed by atoms with van der Waals surface area (Å²) in [4.78, 5) is 5.44. The van der Waals surface area contributed by atoms with Gasteiger partial charge in [-0.2, -0.15) is 0 Å². The van der Waals surface area contributed by atoms with E-state index in [-0.39, 0.29) is 0 Å². The number of aromatic nitrogens is 2. The number of halogens is 2. The molecule has 5 heteroatoms. The molecule has 0 saturated carbocycles. The number of hydrogen-bond acceptors (Lipinski definition) is 2. The van der Waals surface area contributed by atoms with E-state index in [2.05, 4.69) is 23.4 Å². The lowest BCUT2D eigenvalue weighted by atomic mass is 10.1. The van der Waals surface area contributed by atoms with Gasteiger partial charge in [-0.3, -0.25) is 0 Å². The lowest BCUT2D eigenvalue weighted by Gasteiger charge is -2.09. The van der Waals surface area contributed by atoms with Crippen LogP contribution in [0.1, 0.15) is 25.5 Å². The fourth-order valence-corrected chi connectivity index (χ4v) is 3.68. The summed E-state index contributed by atoms with van der Waals surface area (Å²) in [5.74, 6) is 0.426. The van der Waals surface area contributed by atoms with Crippen LogP contribution in [0.2, 0.25) is 10.0 Å². The topological polar surface area (TPSA) is 17.8 Å². The maximum absolute atomic E-state index is 6.00. The first kappa shape index (κ1) is 13.8. The third kappa shape index (κ3) is 3.02. The predicted octanol–water partition coefficient (Wildman–Crippen LogP) is 5.00. The van der Waals surface area contributed by atoms with Crippen LogP contribution in [0.15, 0.2) is 34.4 Å². The van der Waals surface area contributed by atoms with Crippen molar-refractivity contribution in [1.82, 2.24) is 9.55 Å². The minimum atomic E-state index is 0.426. The largest absolute Gasteiger partial charge is 0.336 e. The number of rotatable bonds is 3. The van der Waals surface area contributed by atoms with E-state index in [1.54, 1.807) is 17.8 Å². The fraction of sp³-hybridized carbons (Fsp3) is 0.308. The van der Waals surface area contributed by atoms with E-state index in [0.29, 0.717) is 16.0 Å². The molecule has 2 aromatic rings. The number of nitrogens with zero attached hydrogens (tertiary/aromatic N) is 2. The normalized spacial score (nSPS) is 11.2. The summed E-state index contributed by atoms with van der Waals surface area (Å²) in [5, 5.41) is 2.30. The van der Waals surface area contributed by atoms with E-state index in [9.17, 15) is 0 Å². The third-order valence-electron chi connectivity index (χ3n) is 2.54. The molecule has 2 rings (SSSR count). The molecule has 1 heterocycles. The van der Waals surface area contributed by atoms with Crippen molar-refractivity contribution in [3.05, 3.63) is 40.3 Å². The summed E-state index contributed by atoms with van der Waals surface area (Å²) in [6.07, 6.45) is 1.84.